The van der Waals surface area contributed by atoms with Gasteiger partial charge in [0, 0.05) is 13.0 Å². The molecule has 0 bridgehead atoms. The number of hydrogen-bond donors (Lipinski definition) is 1. The number of unbranched alkanes of at least 4 members (excludes halogenated alkanes) is 2. The van der Waals surface area contributed by atoms with E-state index in [9.17, 15) is 13.2 Å². The lowest BCUT2D eigenvalue weighted by molar-refractivity contribution is -0.142. The summed E-state index contributed by atoms with van der Waals surface area (Å²) in [7, 11) is 0. The van der Waals surface area contributed by atoms with Gasteiger partial charge in [-0.2, -0.15) is 13.2 Å². The summed E-state index contributed by atoms with van der Waals surface area (Å²) >= 11 is 0. The lowest BCUT2D eigenvalue weighted by Gasteiger charge is -2.16. The van der Waals surface area contributed by atoms with E-state index in [2.05, 4.69) is 17.2 Å². The molecule has 1 aromatic rings. The van der Waals surface area contributed by atoms with Gasteiger partial charge in [-0.05, 0) is 12.0 Å². The molecule has 0 aliphatic heterocycles. The maximum atomic E-state index is 12.8. The van der Waals surface area contributed by atoms with Gasteiger partial charge in [-0.3, -0.25) is 5.32 Å². The summed E-state index contributed by atoms with van der Waals surface area (Å²) < 4.78 is 38.3. The molecule has 0 amide bonds. The van der Waals surface area contributed by atoms with E-state index in [4.69, 9.17) is 0 Å². The van der Waals surface area contributed by atoms with E-state index in [0.717, 1.165) is 18.4 Å². The van der Waals surface area contributed by atoms with Gasteiger partial charge in [0.05, 0.1) is 0 Å². The molecule has 1 N–H and O–H groups in total. The third kappa shape index (κ3) is 6.30. The van der Waals surface area contributed by atoms with Crippen LogP contribution in [-0.4, -0.2) is 12.2 Å². The van der Waals surface area contributed by atoms with Crippen molar-refractivity contribution in [3.05, 3.63) is 35.9 Å². The Morgan fingerprint density at radius 2 is 1.89 bits per heavy atom. The van der Waals surface area contributed by atoms with Crippen LogP contribution < -0.4 is 5.32 Å². The zero-order valence-corrected chi connectivity index (χ0v) is 10.9. The second-order valence-corrected chi connectivity index (χ2v) is 4.27. The highest BCUT2D eigenvalue weighted by Crippen LogP contribution is 2.20. The zero-order chi connectivity index (χ0) is 14.1. The summed E-state index contributed by atoms with van der Waals surface area (Å²) in [5.74, 6) is 4.88. The minimum atomic E-state index is -4.34. The lowest BCUT2D eigenvalue weighted by Crippen LogP contribution is -2.40. The van der Waals surface area contributed by atoms with Crippen LogP contribution in [0.2, 0.25) is 0 Å². The molecule has 0 saturated heterocycles. The van der Waals surface area contributed by atoms with Gasteiger partial charge in [0.2, 0.25) is 0 Å². The summed E-state index contributed by atoms with van der Waals surface area (Å²) in [6.07, 6.45) is -2.07. The Bertz CT molecular complexity index is 415. The molecule has 1 unspecified atom stereocenters. The molecule has 0 saturated carbocycles. The van der Waals surface area contributed by atoms with Gasteiger partial charge < -0.3 is 0 Å². The van der Waals surface area contributed by atoms with Crippen molar-refractivity contribution in [3.8, 4) is 11.8 Å². The quantitative estimate of drug-likeness (QED) is 0.631. The van der Waals surface area contributed by atoms with Crippen LogP contribution in [0.25, 0.3) is 0 Å². The highest BCUT2D eigenvalue weighted by Gasteiger charge is 2.38. The molecule has 0 fully saturated rings. The molecule has 19 heavy (non-hydrogen) atoms. The molecule has 4 heteroatoms. The SMILES string of the molecule is CCCCC#CC(NCc1ccccc1)C(F)(F)F. The smallest absolute Gasteiger partial charge is 0.292 e. The van der Waals surface area contributed by atoms with Crippen molar-refractivity contribution >= 4 is 0 Å². The van der Waals surface area contributed by atoms with E-state index in [0.29, 0.717) is 6.42 Å². The predicted molar refractivity (Wildman–Crippen MR) is 70.4 cm³/mol. The van der Waals surface area contributed by atoms with Crippen LogP contribution in [0, 0.1) is 11.8 Å². The molecule has 0 aliphatic carbocycles. The maximum Gasteiger partial charge on any atom is 0.415 e. The van der Waals surface area contributed by atoms with Gasteiger partial charge in [0.1, 0.15) is 0 Å². The fourth-order valence-electron chi connectivity index (χ4n) is 1.50. The molecular formula is C15H18F3N. The Kier molecular flexibility index (Phi) is 6.44. The zero-order valence-electron chi connectivity index (χ0n) is 10.9. The van der Waals surface area contributed by atoms with E-state index >= 15 is 0 Å². The fraction of sp³-hybridized carbons (Fsp3) is 0.467. The highest BCUT2D eigenvalue weighted by atomic mass is 19.4. The van der Waals surface area contributed by atoms with Gasteiger partial charge >= 0.3 is 6.18 Å². The molecular weight excluding hydrogens is 251 g/mol. The summed E-state index contributed by atoms with van der Waals surface area (Å²) in [6.45, 7) is 2.14. The summed E-state index contributed by atoms with van der Waals surface area (Å²) in [6, 6.07) is 7.23. The van der Waals surface area contributed by atoms with Gasteiger partial charge in [-0.1, -0.05) is 49.6 Å². The fourth-order valence-corrected chi connectivity index (χ4v) is 1.50. The molecule has 1 rings (SSSR count). The van der Waals surface area contributed by atoms with Crippen molar-refractivity contribution in [3.63, 3.8) is 0 Å². The molecule has 0 aromatic heterocycles. The molecule has 104 valence electrons. The normalized spacial score (nSPS) is 12.6. The minimum absolute atomic E-state index is 0.160. The van der Waals surface area contributed by atoms with Crippen molar-refractivity contribution in [2.24, 2.45) is 0 Å². The van der Waals surface area contributed by atoms with E-state index in [1.165, 1.54) is 0 Å². The first-order valence-electron chi connectivity index (χ1n) is 6.36. The molecule has 1 atom stereocenters. The Hall–Kier alpha value is -1.47. The maximum absolute atomic E-state index is 12.8. The van der Waals surface area contributed by atoms with Crippen LogP contribution in [0.15, 0.2) is 30.3 Å². The molecule has 0 aliphatic rings. The van der Waals surface area contributed by atoms with Crippen molar-refractivity contribution < 1.29 is 13.2 Å². The molecule has 1 nitrogen and oxygen atoms in total. The number of benzene rings is 1. The van der Waals surface area contributed by atoms with Gasteiger partial charge in [-0.25, -0.2) is 0 Å². The van der Waals surface area contributed by atoms with Crippen LogP contribution >= 0.6 is 0 Å². The van der Waals surface area contributed by atoms with Crippen LogP contribution in [0.5, 0.6) is 0 Å². The first kappa shape index (κ1) is 15.6. The van der Waals surface area contributed by atoms with E-state index in [1.54, 1.807) is 24.3 Å². The monoisotopic (exact) mass is 269 g/mol. The third-order valence-corrected chi connectivity index (χ3v) is 2.58. The standard InChI is InChI=1S/C15H18F3N/c1-2-3-4-8-11-14(15(16,17)18)19-12-13-9-6-5-7-10-13/h5-7,9-10,14,19H,2-4,12H2,1H3. The summed E-state index contributed by atoms with van der Waals surface area (Å²) in [4.78, 5) is 0. The van der Waals surface area contributed by atoms with Crippen LogP contribution in [0.1, 0.15) is 31.7 Å². The minimum Gasteiger partial charge on any atom is -0.292 e. The Labute approximate surface area is 112 Å². The van der Waals surface area contributed by atoms with Crippen molar-refractivity contribution in [2.45, 2.75) is 44.9 Å². The Balaban J connectivity index is 2.57. The van der Waals surface area contributed by atoms with Gasteiger partial charge in [-0.15, -0.1) is 5.92 Å². The summed E-state index contributed by atoms with van der Waals surface area (Å²) in [5.41, 5.74) is 0.812. The average molecular weight is 269 g/mol. The molecule has 0 heterocycles. The molecule has 0 radical (unpaired) electrons. The topological polar surface area (TPSA) is 12.0 Å². The number of halogens is 3. The van der Waals surface area contributed by atoms with Crippen molar-refractivity contribution in [1.82, 2.24) is 5.32 Å². The second-order valence-electron chi connectivity index (χ2n) is 4.27. The molecule has 1 aromatic carbocycles. The Morgan fingerprint density at radius 3 is 2.47 bits per heavy atom. The first-order chi connectivity index (χ1) is 9.04. The van der Waals surface area contributed by atoms with Gasteiger partial charge in [0.25, 0.3) is 0 Å². The first-order valence-corrected chi connectivity index (χ1v) is 6.36. The van der Waals surface area contributed by atoms with E-state index in [-0.39, 0.29) is 6.54 Å². The molecule has 0 spiro atoms. The average Bonchev–Trinajstić information content (AvgIpc) is 2.37. The number of hydrogen-bond acceptors (Lipinski definition) is 1. The van der Waals surface area contributed by atoms with Crippen molar-refractivity contribution in [2.75, 3.05) is 0 Å². The Morgan fingerprint density at radius 1 is 1.21 bits per heavy atom. The van der Waals surface area contributed by atoms with Crippen molar-refractivity contribution in [1.29, 1.82) is 0 Å². The lowest BCUT2D eigenvalue weighted by atomic mass is 10.2. The van der Waals surface area contributed by atoms with Crippen LogP contribution in [-0.2, 0) is 6.54 Å². The number of nitrogens with one attached hydrogen (secondary N) is 1. The second kappa shape index (κ2) is 7.85. The number of alkyl halides is 3. The predicted octanol–water partition coefficient (Wildman–Crippen LogP) is 3.90. The van der Waals surface area contributed by atoms with Crippen LogP contribution in [0.4, 0.5) is 13.2 Å². The van der Waals surface area contributed by atoms with E-state index in [1.807, 2.05) is 13.0 Å². The highest BCUT2D eigenvalue weighted by molar-refractivity contribution is 5.16. The number of rotatable bonds is 5. The summed E-state index contributed by atoms with van der Waals surface area (Å²) in [5, 5.41) is 2.45. The largest absolute Gasteiger partial charge is 0.415 e. The van der Waals surface area contributed by atoms with E-state index < -0.39 is 12.2 Å². The van der Waals surface area contributed by atoms with Gasteiger partial charge in [0.15, 0.2) is 6.04 Å². The van der Waals surface area contributed by atoms with Crippen LogP contribution in [0.3, 0.4) is 0 Å². The third-order valence-electron chi connectivity index (χ3n) is 2.58.